The highest BCUT2D eigenvalue weighted by Crippen LogP contribution is 2.37. The molecular formula is C13H17BF2O3. The van der Waals surface area contributed by atoms with Crippen LogP contribution in [0.3, 0.4) is 0 Å². The van der Waals surface area contributed by atoms with Gasteiger partial charge in [0.2, 0.25) is 0 Å². The monoisotopic (exact) mass is 270 g/mol. The van der Waals surface area contributed by atoms with Crippen LogP contribution in [0.1, 0.15) is 27.7 Å². The van der Waals surface area contributed by atoms with Crippen LogP contribution in [0.4, 0.5) is 8.78 Å². The van der Waals surface area contributed by atoms with E-state index in [4.69, 9.17) is 14.0 Å². The lowest BCUT2D eigenvalue weighted by atomic mass is 9.78. The molecule has 0 atom stereocenters. The van der Waals surface area contributed by atoms with Gasteiger partial charge in [0.25, 0.3) is 0 Å². The molecule has 2 rings (SSSR count). The number of benzene rings is 1. The Balaban J connectivity index is 2.45. The first-order chi connectivity index (χ1) is 8.69. The summed E-state index contributed by atoms with van der Waals surface area (Å²) >= 11 is 0. The summed E-state index contributed by atoms with van der Waals surface area (Å²) in [4.78, 5) is 0. The van der Waals surface area contributed by atoms with Crippen LogP contribution < -0.4 is 10.2 Å². The van der Waals surface area contributed by atoms with E-state index in [-0.39, 0.29) is 11.2 Å². The summed E-state index contributed by atoms with van der Waals surface area (Å²) < 4.78 is 44.2. The second-order valence-electron chi connectivity index (χ2n) is 5.57. The molecule has 6 heteroatoms. The molecule has 0 N–H and O–H groups in total. The molecule has 0 bridgehead atoms. The van der Waals surface area contributed by atoms with Crippen molar-refractivity contribution in [3.8, 4) is 5.75 Å². The Hall–Kier alpha value is -1.14. The summed E-state index contributed by atoms with van der Waals surface area (Å²) in [5.41, 5.74) is -1.56. The van der Waals surface area contributed by atoms with Crippen LogP contribution in [-0.2, 0) is 9.31 Å². The second-order valence-corrected chi connectivity index (χ2v) is 5.57. The minimum atomic E-state index is -1.08. The molecule has 19 heavy (non-hydrogen) atoms. The molecule has 1 aliphatic rings. The summed E-state index contributed by atoms with van der Waals surface area (Å²) in [6.45, 7) is 7.29. The van der Waals surface area contributed by atoms with Crippen LogP contribution in [-0.4, -0.2) is 25.4 Å². The molecular weight excluding hydrogens is 253 g/mol. The normalized spacial score (nSPS) is 20.7. The summed E-state index contributed by atoms with van der Waals surface area (Å²) in [6, 6.07) is 2.38. The first-order valence-corrected chi connectivity index (χ1v) is 6.07. The van der Waals surface area contributed by atoms with Crippen LogP contribution in [0.15, 0.2) is 12.1 Å². The Kier molecular flexibility index (Phi) is 3.35. The predicted molar refractivity (Wildman–Crippen MR) is 68.6 cm³/mol. The number of hydrogen-bond acceptors (Lipinski definition) is 3. The van der Waals surface area contributed by atoms with Crippen molar-refractivity contribution in [2.24, 2.45) is 0 Å². The maximum atomic E-state index is 14.2. The minimum absolute atomic E-state index is 0.0360. The molecule has 1 aromatic carbocycles. The summed E-state index contributed by atoms with van der Waals surface area (Å²) in [6.07, 6.45) is 0. The van der Waals surface area contributed by atoms with Gasteiger partial charge in [-0.2, -0.15) is 0 Å². The molecule has 1 aliphatic heterocycles. The maximum Gasteiger partial charge on any atom is 0.501 e. The zero-order chi connectivity index (χ0) is 14.4. The third kappa shape index (κ3) is 2.23. The molecule has 0 saturated carbocycles. The van der Waals surface area contributed by atoms with Crippen molar-refractivity contribution in [2.45, 2.75) is 38.9 Å². The average molecular weight is 270 g/mol. The highest BCUT2D eigenvalue weighted by atomic mass is 19.1. The molecule has 0 aliphatic carbocycles. The third-order valence-corrected chi connectivity index (χ3v) is 3.80. The van der Waals surface area contributed by atoms with Crippen molar-refractivity contribution in [3.63, 3.8) is 0 Å². The minimum Gasteiger partial charge on any atom is -0.494 e. The number of methoxy groups -OCH3 is 1. The third-order valence-electron chi connectivity index (χ3n) is 3.80. The van der Waals surface area contributed by atoms with E-state index in [0.29, 0.717) is 0 Å². The smallest absolute Gasteiger partial charge is 0.494 e. The highest BCUT2D eigenvalue weighted by molar-refractivity contribution is 6.62. The fourth-order valence-electron chi connectivity index (χ4n) is 1.88. The van der Waals surface area contributed by atoms with Crippen LogP contribution in [0.5, 0.6) is 5.75 Å². The number of halogens is 2. The molecule has 3 nitrogen and oxygen atoms in total. The topological polar surface area (TPSA) is 27.7 Å². The summed E-state index contributed by atoms with van der Waals surface area (Å²) in [7, 11) is 0.241. The lowest BCUT2D eigenvalue weighted by molar-refractivity contribution is 0.00578. The molecule has 104 valence electrons. The summed E-state index contributed by atoms with van der Waals surface area (Å²) in [5, 5.41) is 0. The zero-order valence-electron chi connectivity index (χ0n) is 11.7. The Morgan fingerprint density at radius 2 is 1.58 bits per heavy atom. The van der Waals surface area contributed by atoms with Crippen molar-refractivity contribution < 1.29 is 22.8 Å². The van der Waals surface area contributed by atoms with E-state index < -0.39 is 30.0 Å². The SMILES string of the molecule is COc1ccc(F)c(B2OC(C)(C)C(C)(C)O2)c1F. The molecule has 0 radical (unpaired) electrons. The summed E-state index contributed by atoms with van der Waals surface area (Å²) in [5.74, 6) is -1.54. The maximum absolute atomic E-state index is 14.2. The molecule has 1 aromatic rings. The van der Waals surface area contributed by atoms with E-state index in [1.807, 2.05) is 27.7 Å². The zero-order valence-corrected chi connectivity index (χ0v) is 11.7. The van der Waals surface area contributed by atoms with Gasteiger partial charge in [0.1, 0.15) is 5.82 Å². The fraction of sp³-hybridized carbons (Fsp3) is 0.538. The lowest BCUT2D eigenvalue weighted by Crippen LogP contribution is -2.41. The van der Waals surface area contributed by atoms with Gasteiger partial charge >= 0.3 is 7.12 Å². The molecule has 0 spiro atoms. The first kappa shape index (κ1) is 14.3. The molecule has 1 fully saturated rings. The van der Waals surface area contributed by atoms with Gasteiger partial charge < -0.3 is 14.0 Å². The van der Waals surface area contributed by atoms with E-state index in [1.165, 1.54) is 13.2 Å². The number of ether oxygens (including phenoxy) is 1. The van der Waals surface area contributed by atoms with Gasteiger partial charge in [-0.1, -0.05) is 0 Å². The van der Waals surface area contributed by atoms with Gasteiger partial charge in [-0.25, -0.2) is 8.78 Å². The van der Waals surface area contributed by atoms with Crippen LogP contribution in [0.2, 0.25) is 0 Å². The van der Waals surface area contributed by atoms with Gasteiger partial charge in [-0.15, -0.1) is 0 Å². The Morgan fingerprint density at radius 3 is 2.05 bits per heavy atom. The van der Waals surface area contributed by atoms with Crippen LogP contribution in [0.25, 0.3) is 0 Å². The van der Waals surface area contributed by atoms with Crippen molar-refractivity contribution in [2.75, 3.05) is 7.11 Å². The molecule has 1 heterocycles. The van der Waals surface area contributed by atoms with Gasteiger partial charge in [0.15, 0.2) is 11.6 Å². The highest BCUT2D eigenvalue weighted by Gasteiger charge is 2.53. The van der Waals surface area contributed by atoms with Crippen molar-refractivity contribution in [1.29, 1.82) is 0 Å². The second kappa shape index (κ2) is 4.46. The van der Waals surface area contributed by atoms with Gasteiger partial charge in [-0.05, 0) is 39.8 Å². The van der Waals surface area contributed by atoms with Crippen molar-refractivity contribution in [1.82, 2.24) is 0 Å². The Morgan fingerprint density at radius 1 is 1.05 bits per heavy atom. The fourth-order valence-corrected chi connectivity index (χ4v) is 1.88. The lowest BCUT2D eigenvalue weighted by Gasteiger charge is -2.32. The largest absolute Gasteiger partial charge is 0.501 e. The van der Waals surface area contributed by atoms with E-state index in [2.05, 4.69) is 0 Å². The molecule has 0 amide bonds. The standard InChI is InChI=1S/C13H17BF2O3/c1-12(2)13(3,4)19-14(18-12)10-8(15)6-7-9(17-5)11(10)16/h6-7H,1-5H3. The number of rotatable bonds is 2. The van der Waals surface area contributed by atoms with Gasteiger partial charge in [0.05, 0.1) is 23.8 Å². The molecule has 1 saturated heterocycles. The quantitative estimate of drug-likeness (QED) is 0.771. The van der Waals surface area contributed by atoms with Crippen LogP contribution >= 0.6 is 0 Å². The van der Waals surface area contributed by atoms with Gasteiger partial charge in [0, 0.05) is 0 Å². The van der Waals surface area contributed by atoms with E-state index in [9.17, 15) is 8.78 Å². The van der Waals surface area contributed by atoms with Crippen molar-refractivity contribution in [3.05, 3.63) is 23.8 Å². The van der Waals surface area contributed by atoms with E-state index in [1.54, 1.807) is 0 Å². The first-order valence-electron chi connectivity index (χ1n) is 6.07. The number of hydrogen-bond donors (Lipinski definition) is 0. The Bertz CT molecular complexity index is 487. The predicted octanol–water partition coefficient (Wildman–Crippen LogP) is 2.27. The molecule has 0 aromatic heterocycles. The van der Waals surface area contributed by atoms with E-state index in [0.717, 1.165) is 6.07 Å². The Labute approximate surface area is 112 Å². The molecule has 0 unspecified atom stereocenters. The van der Waals surface area contributed by atoms with Gasteiger partial charge in [-0.3, -0.25) is 0 Å². The average Bonchev–Trinajstić information content (AvgIpc) is 2.48. The van der Waals surface area contributed by atoms with Crippen LogP contribution in [0, 0.1) is 11.6 Å². The van der Waals surface area contributed by atoms with E-state index >= 15 is 0 Å². The van der Waals surface area contributed by atoms with Crippen molar-refractivity contribution >= 4 is 12.6 Å².